The molecule has 1 saturated heterocycles. The highest BCUT2D eigenvalue weighted by atomic mass is 19.1. The van der Waals surface area contributed by atoms with Crippen LogP contribution >= 0.6 is 0 Å². The number of amides is 1. The maximum atomic E-state index is 14.4. The van der Waals surface area contributed by atoms with E-state index in [1.165, 1.54) is 24.1 Å². The van der Waals surface area contributed by atoms with Gasteiger partial charge in [-0.05, 0) is 75.1 Å². The van der Waals surface area contributed by atoms with E-state index < -0.39 is 29.3 Å². The van der Waals surface area contributed by atoms with Crippen molar-refractivity contribution < 1.29 is 28.6 Å². The molecule has 4 rings (SSSR count). The monoisotopic (exact) mass is 504 g/mol. The van der Waals surface area contributed by atoms with Crippen molar-refractivity contribution in [3.63, 3.8) is 0 Å². The van der Waals surface area contributed by atoms with Crippen molar-refractivity contribution in [1.29, 1.82) is 0 Å². The highest BCUT2D eigenvalue weighted by Gasteiger charge is 2.46. The number of para-hydroxylation sites is 1. The van der Waals surface area contributed by atoms with Crippen LogP contribution in [0.5, 0.6) is 17.2 Å². The Bertz CT molecular complexity index is 1320. The van der Waals surface area contributed by atoms with Crippen molar-refractivity contribution in [1.82, 2.24) is 9.80 Å². The van der Waals surface area contributed by atoms with Crippen LogP contribution in [0.25, 0.3) is 5.76 Å². The van der Waals surface area contributed by atoms with Gasteiger partial charge in [0.25, 0.3) is 11.7 Å². The first-order valence-corrected chi connectivity index (χ1v) is 11.9. The van der Waals surface area contributed by atoms with Crippen molar-refractivity contribution in [3.8, 4) is 17.2 Å². The lowest BCUT2D eigenvalue weighted by molar-refractivity contribution is -0.139. The number of carbonyl (C=O) groups excluding carboxylic acids is 2. The number of methoxy groups -OCH3 is 1. The smallest absolute Gasteiger partial charge is 0.295 e. The Hall–Kier alpha value is -4.17. The van der Waals surface area contributed by atoms with Gasteiger partial charge >= 0.3 is 0 Å². The molecule has 0 spiro atoms. The summed E-state index contributed by atoms with van der Waals surface area (Å²) < 4.78 is 25.3. The molecule has 1 fully saturated rings. The number of benzene rings is 3. The van der Waals surface area contributed by atoms with Crippen molar-refractivity contribution in [2.75, 3.05) is 34.3 Å². The quantitative estimate of drug-likeness (QED) is 0.251. The Kier molecular flexibility index (Phi) is 7.89. The van der Waals surface area contributed by atoms with Crippen LogP contribution in [0, 0.1) is 5.82 Å². The average Bonchev–Trinajstić information content (AvgIpc) is 3.14. The predicted octanol–water partition coefficient (Wildman–Crippen LogP) is 5.00. The third-order valence-corrected chi connectivity index (χ3v) is 6.12. The van der Waals surface area contributed by atoms with E-state index in [0.717, 1.165) is 6.07 Å². The molecule has 3 aromatic carbocycles. The lowest BCUT2D eigenvalue weighted by Gasteiger charge is -2.26. The highest BCUT2D eigenvalue weighted by molar-refractivity contribution is 6.46. The van der Waals surface area contributed by atoms with Gasteiger partial charge in [-0.15, -0.1) is 0 Å². The molecule has 37 heavy (non-hydrogen) atoms. The Labute approximate surface area is 215 Å². The number of halogens is 1. The number of aliphatic hydroxyl groups excluding tert-OH is 1. The molecule has 1 atom stereocenters. The summed E-state index contributed by atoms with van der Waals surface area (Å²) in [5.74, 6) is -1.53. The maximum absolute atomic E-state index is 14.4. The highest BCUT2D eigenvalue weighted by Crippen LogP contribution is 2.41. The van der Waals surface area contributed by atoms with E-state index in [2.05, 4.69) is 0 Å². The summed E-state index contributed by atoms with van der Waals surface area (Å²) in [6, 6.07) is 19.3. The normalized spacial score (nSPS) is 16.9. The number of rotatable bonds is 9. The molecule has 0 saturated carbocycles. The minimum absolute atomic E-state index is 0.00278. The van der Waals surface area contributed by atoms with Crippen LogP contribution in [0.2, 0.25) is 0 Å². The molecule has 0 aromatic heterocycles. The Morgan fingerprint density at radius 3 is 2.41 bits per heavy atom. The van der Waals surface area contributed by atoms with E-state index in [4.69, 9.17) is 9.47 Å². The van der Waals surface area contributed by atoms with Gasteiger partial charge < -0.3 is 24.4 Å². The summed E-state index contributed by atoms with van der Waals surface area (Å²) in [5, 5.41) is 11.2. The zero-order valence-electron chi connectivity index (χ0n) is 21.0. The van der Waals surface area contributed by atoms with Gasteiger partial charge in [0.05, 0.1) is 18.7 Å². The molecule has 8 heteroatoms. The molecule has 1 aliphatic heterocycles. The number of hydrogen-bond donors (Lipinski definition) is 1. The number of nitrogens with zero attached hydrogens (tertiary/aromatic N) is 2. The van der Waals surface area contributed by atoms with Crippen LogP contribution in [0.15, 0.2) is 78.4 Å². The molecule has 0 bridgehead atoms. The number of aliphatic hydroxyl groups is 1. The van der Waals surface area contributed by atoms with Gasteiger partial charge in [-0.1, -0.05) is 30.3 Å². The van der Waals surface area contributed by atoms with Gasteiger partial charge in [-0.3, -0.25) is 9.59 Å². The molecule has 1 amide bonds. The first-order valence-electron chi connectivity index (χ1n) is 11.9. The van der Waals surface area contributed by atoms with E-state index in [9.17, 15) is 19.1 Å². The van der Waals surface area contributed by atoms with Gasteiger partial charge in [-0.2, -0.15) is 0 Å². The van der Waals surface area contributed by atoms with E-state index in [1.54, 1.807) is 24.3 Å². The molecular weight excluding hydrogens is 475 g/mol. The molecule has 1 aliphatic rings. The fraction of sp³-hybridized carbons (Fsp3) is 0.241. The summed E-state index contributed by atoms with van der Waals surface area (Å²) in [6.45, 7) is 1.00. The first-order chi connectivity index (χ1) is 17.8. The van der Waals surface area contributed by atoms with E-state index in [-0.39, 0.29) is 16.9 Å². The average molecular weight is 505 g/mol. The largest absolute Gasteiger partial charge is 0.507 e. The first kappa shape index (κ1) is 25.9. The standard InChI is InChI=1S/C29H29FN2O5/c1-31(2)15-8-16-32-26(19-9-7-12-22(17-19)37-21-10-5-4-6-11-21)25(28(34)29(32)35)27(33)20-13-14-24(36-3)23(30)18-20/h4-7,9-14,17-18,26,33H,8,15-16H2,1-3H3/t26-/m0/s1. The lowest BCUT2D eigenvalue weighted by atomic mass is 9.95. The Balaban J connectivity index is 1.79. The van der Waals surface area contributed by atoms with Crippen LogP contribution in [-0.4, -0.2) is 60.9 Å². The molecule has 192 valence electrons. The third-order valence-electron chi connectivity index (χ3n) is 6.12. The molecule has 1 heterocycles. The van der Waals surface area contributed by atoms with Gasteiger partial charge in [0.2, 0.25) is 0 Å². The Morgan fingerprint density at radius 1 is 1.00 bits per heavy atom. The van der Waals surface area contributed by atoms with Crippen molar-refractivity contribution in [3.05, 3.63) is 95.3 Å². The van der Waals surface area contributed by atoms with Crippen LogP contribution in [0.4, 0.5) is 4.39 Å². The number of likely N-dealkylation sites (tertiary alicyclic amines) is 1. The fourth-order valence-electron chi connectivity index (χ4n) is 4.36. The zero-order chi connectivity index (χ0) is 26.5. The molecule has 7 nitrogen and oxygen atoms in total. The SMILES string of the molecule is COc1ccc(C(O)=C2C(=O)C(=O)N(CCCN(C)C)[C@H]2c2cccc(Oc3ccccc3)c2)cc1F. The van der Waals surface area contributed by atoms with Crippen LogP contribution in [0.3, 0.4) is 0 Å². The Morgan fingerprint density at radius 2 is 1.73 bits per heavy atom. The van der Waals surface area contributed by atoms with Crippen molar-refractivity contribution in [2.45, 2.75) is 12.5 Å². The molecule has 3 aromatic rings. The number of hydrogen-bond acceptors (Lipinski definition) is 6. The topological polar surface area (TPSA) is 79.3 Å². The molecule has 1 N–H and O–H groups in total. The summed E-state index contributed by atoms with van der Waals surface area (Å²) in [6.07, 6.45) is 0.619. The number of ether oxygens (including phenoxy) is 2. The number of Topliss-reactive ketones (excluding diaryl/α,β-unsaturated/α-hetero) is 1. The second-order valence-corrected chi connectivity index (χ2v) is 8.99. The van der Waals surface area contributed by atoms with E-state index in [1.807, 2.05) is 49.3 Å². The lowest BCUT2D eigenvalue weighted by Crippen LogP contribution is -2.32. The van der Waals surface area contributed by atoms with E-state index in [0.29, 0.717) is 36.6 Å². The van der Waals surface area contributed by atoms with Crippen LogP contribution in [-0.2, 0) is 9.59 Å². The van der Waals surface area contributed by atoms with Crippen molar-refractivity contribution in [2.24, 2.45) is 0 Å². The second kappa shape index (κ2) is 11.3. The van der Waals surface area contributed by atoms with Crippen LogP contribution < -0.4 is 9.47 Å². The maximum Gasteiger partial charge on any atom is 0.295 e. The fourth-order valence-corrected chi connectivity index (χ4v) is 4.36. The number of carbonyl (C=O) groups is 2. The molecule has 0 unspecified atom stereocenters. The van der Waals surface area contributed by atoms with Gasteiger partial charge in [0.1, 0.15) is 17.3 Å². The van der Waals surface area contributed by atoms with Crippen LogP contribution in [0.1, 0.15) is 23.6 Å². The molecular formula is C29H29FN2O5. The minimum Gasteiger partial charge on any atom is -0.507 e. The molecule has 0 aliphatic carbocycles. The summed E-state index contributed by atoms with van der Waals surface area (Å²) in [7, 11) is 5.18. The zero-order valence-corrected chi connectivity index (χ0v) is 21.0. The predicted molar refractivity (Wildman–Crippen MR) is 138 cm³/mol. The second-order valence-electron chi connectivity index (χ2n) is 8.99. The van der Waals surface area contributed by atoms with Gasteiger partial charge in [0, 0.05) is 12.1 Å². The number of ketones is 1. The van der Waals surface area contributed by atoms with Gasteiger partial charge in [-0.25, -0.2) is 4.39 Å². The molecule has 0 radical (unpaired) electrons. The summed E-state index contributed by atoms with van der Waals surface area (Å²) in [4.78, 5) is 29.8. The van der Waals surface area contributed by atoms with E-state index >= 15 is 0 Å². The third kappa shape index (κ3) is 5.65. The summed E-state index contributed by atoms with van der Waals surface area (Å²) >= 11 is 0. The van der Waals surface area contributed by atoms with Crippen molar-refractivity contribution >= 4 is 17.4 Å². The minimum atomic E-state index is -0.869. The summed E-state index contributed by atoms with van der Waals surface area (Å²) in [5.41, 5.74) is 0.565. The van der Waals surface area contributed by atoms with Gasteiger partial charge in [0.15, 0.2) is 11.6 Å².